The molecule has 1 fully saturated rings. The van der Waals surface area contributed by atoms with Crippen LogP contribution < -0.4 is 15.4 Å². The Morgan fingerprint density at radius 1 is 1.42 bits per heavy atom. The first-order valence-electron chi connectivity index (χ1n) is 6.30. The standard InChI is InChI=1S/C13H17N3O3/c1-3-4-8-19-10-9(6-5-7-14-10)13(2)11(17)15-12(18)16-13/h5-7H,3-4,8H2,1-2H3,(H2,15,16,17,18)/t13-/m0/s1. The Kier molecular flexibility index (Phi) is 3.69. The van der Waals surface area contributed by atoms with E-state index in [-0.39, 0.29) is 0 Å². The molecular weight excluding hydrogens is 246 g/mol. The molecule has 1 saturated heterocycles. The largest absolute Gasteiger partial charge is 0.477 e. The highest BCUT2D eigenvalue weighted by Crippen LogP contribution is 2.30. The molecule has 0 unspecified atom stereocenters. The van der Waals surface area contributed by atoms with Crippen LogP contribution >= 0.6 is 0 Å². The van der Waals surface area contributed by atoms with Crippen LogP contribution in [0.2, 0.25) is 0 Å². The Morgan fingerprint density at radius 2 is 2.21 bits per heavy atom. The fourth-order valence-electron chi connectivity index (χ4n) is 1.93. The molecule has 0 aliphatic carbocycles. The zero-order chi connectivity index (χ0) is 13.9. The summed E-state index contributed by atoms with van der Waals surface area (Å²) in [6.45, 7) is 4.23. The number of nitrogens with one attached hydrogen (secondary N) is 2. The monoisotopic (exact) mass is 263 g/mol. The van der Waals surface area contributed by atoms with E-state index in [0.29, 0.717) is 18.1 Å². The topological polar surface area (TPSA) is 80.3 Å². The number of hydrogen-bond donors (Lipinski definition) is 2. The number of carbonyl (C=O) groups excluding carboxylic acids is 2. The van der Waals surface area contributed by atoms with Crippen molar-refractivity contribution >= 4 is 11.9 Å². The third-order valence-electron chi connectivity index (χ3n) is 3.09. The van der Waals surface area contributed by atoms with E-state index in [0.717, 1.165) is 12.8 Å². The predicted molar refractivity (Wildman–Crippen MR) is 68.7 cm³/mol. The van der Waals surface area contributed by atoms with Gasteiger partial charge in [-0.3, -0.25) is 10.1 Å². The Labute approximate surface area is 111 Å². The number of aromatic nitrogens is 1. The lowest BCUT2D eigenvalue weighted by Crippen LogP contribution is -2.41. The summed E-state index contributed by atoms with van der Waals surface area (Å²) in [5.74, 6) is -0.0124. The third kappa shape index (κ3) is 2.52. The van der Waals surface area contributed by atoms with Crippen molar-refractivity contribution in [2.75, 3.05) is 6.61 Å². The number of carbonyl (C=O) groups is 2. The lowest BCUT2D eigenvalue weighted by molar-refractivity contribution is -0.123. The molecule has 2 N–H and O–H groups in total. The van der Waals surface area contributed by atoms with Gasteiger partial charge in [0.2, 0.25) is 5.88 Å². The first kappa shape index (κ1) is 13.3. The fourth-order valence-corrected chi connectivity index (χ4v) is 1.93. The third-order valence-corrected chi connectivity index (χ3v) is 3.09. The molecule has 3 amide bonds. The van der Waals surface area contributed by atoms with Crippen molar-refractivity contribution in [2.24, 2.45) is 0 Å². The number of imide groups is 1. The van der Waals surface area contributed by atoms with E-state index in [1.165, 1.54) is 0 Å². The van der Waals surface area contributed by atoms with Crippen molar-refractivity contribution in [3.05, 3.63) is 23.9 Å². The first-order valence-corrected chi connectivity index (χ1v) is 6.30. The number of rotatable bonds is 5. The van der Waals surface area contributed by atoms with E-state index in [9.17, 15) is 9.59 Å². The summed E-state index contributed by atoms with van der Waals surface area (Å²) in [7, 11) is 0. The number of nitrogens with zero attached hydrogens (tertiary/aromatic N) is 1. The molecular formula is C13H17N3O3. The van der Waals surface area contributed by atoms with Gasteiger partial charge in [0.15, 0.2) is 0 Å². The molecule has 1 aliphatic rings. The molecule has 0 aromatic carbocycles. The predicted octanol–water partition coefficient (Wildman–Crippen LogP) is 1.32. The van der Waals surface area contributed by atoms with Crippen molar-refractivity contribution in [3.8, 4) is 5.88 Å². The molecule has 2 rings (SSSR count). The van der Waals surface area contributed by atoms with Gasteiger partial charge >= 0.3 is 6.03 Å². The van der Waals surface area contributed by atoms with Crippen LogP contribution in [0.4, 0.5) is 4.79 Å². The molecule has 1 aromatic rings. The van der Waals surface area contributed by atoms with Gasteiger partial charge in [0.05, 0.1) is 6.61 Å². The van der Waals surface area contributed by atoms with Gasteiger partial charge in [0, 0.05) is 11.8 Å². The van der Waals surface area contributed by atoms with Gasteiger partial charge in [-0.15, -0.1) is 0 Å². The quantitative estimate of drug-likeness (QED) is 0.620. The van der Waals surface area contributed by atoms with Crippen molar-refractivity contribution in [3.63, 3.8) is 0 Å². The van der Waals surface area contributed by atoms with Gasteiger partial charge in [-0.1, -0.05) is 13.3 Å². The summed E-state index contributed by atoms with van der Waals surface area (Å²) in [6.07, 6.45) is 3.52. The van der Waals surface area contributed by atoms with E-state index < -0.39 is 17.5 Å². The summed E-state index contributed by atoms with van der Waals surface area (Å²) < 4.78 is 5.60. The number of hydrogen-bond acceptors (Lipinski definition) is 4. The lowest BCUT2D eigenvalue weighted by atomic mass is 9.93. The Bertz CT molecular complexity index is 504. The first-order chi connectivity index (χ1) is 9.08. The van der Waals surface area contributed by atoms with E-state index in [4.69, 9.17) is 4.74 Å². The number of unbranched alkanes of at least 4 members (excludes halogenated alkanes) is 1. The fraction of sp³-hybridized carbons (Fsp3) is 0.462. The number of ether oxygens (including phenoxy) is 1. The number of amides is 3. The molecule has 0 spiro atoms. The van der Waals surface area contributed by atoms with Gasteiger partial charge in [-0.25, -0.2) is 9.78 Å². The van der Waals surface area contributed by atoms with Crippen LogP contribution in [-0.4, -0.2) is 23.5 Å². The second kappa shape index (κ2) is 5.26. The van der Waals surface area contributed by atoms with E-state index in [1.54, 1.807) is 25.3 Å². The molecule has 6 heteroatoms. The lowest BCUT2D eigenvalue weighted by Gasteiger charge is -2.23. The van der Waals surface area contributed by atoms with Crippen LogP contribution in [0.5, 0.6) is 5.88 Å². The summed E-state index contributed by atoms with van der Waals surface area (Å²) in [5, 5.41) is 4.84. The van der Waals surface area contributed by atoms with Crippen molar-refractivity contribution in [1.29, 1.82) is 0 Å². The van der Waals surface area contributed by atoms with E-state index in [1.807, 2.05) is 0 Å². The van der Waals surface area contributed by atoms with E-state index in [2.05, 4.69) is 22.5 Å². The maximum atomic E-state index is 11.9. The smallest absolute Gasteiger partial charge is 0.322 e. The molecule has 0 saturated carbocycles. The van der Waals surface area contributed by atoms with E-state index >= 15 is 0 Å². The van der Waals surface area contributed by atoms with Crippen molar-refractivity contribution < 1.29 is 14.3 Å². The molecule has 102 valence electrons. The summed E-state index contributed by atoms with van der Waals surface area (Å²) in [5.41, 5.74) is -0.568. The van der Waals surface area contributed by atoms with Crippen LogP contribution in [0.25, 0.3) is 0 Å². The summed E-state index contributed by atoms with van der Waals surface area (Å²) in [6, 6.07) is 2.95. The Morgan fingerprint density at radius 3 is 2.84 bits per heavy atom. The molecule has 1 aliphatic heterocycles. The maximum absolute atomic E-state index is 11.9. The second-order valence-corrected chi connectivity index (χ2v) is 4.59. The average Bonchev–Trinajstić information content (AvgIpc) is 2.65. The van der Waals surface area contributed by atoms with Crippen LogP contribution in [-0.2, 0) is 10.3 Å². The zero-order valence-electron chi connectivity index (χ0n) is 11.0. The average molecular weight is 263 g/mol. The molecule has 0 radical (unpaired) electrons. The maximum Gasteiger partial charge on any atom is 0.322 e. The SMILES string of the molecule is CCCCOc1ncccc1[C@]1(C)NC(=O)NC1=O. The van der Waals surface area contributed by atoms with Gasteiger partial charge in [0.25, 0.3) is 5.91 Å². The van der Waals surface area contributed by atoms with Crippen molar-refractivity contribution in [2.45, 2.75) is 32.2 Å². The zero-order valence-corrected chi connectivity index (χ0v) is 11.0. The second-order valence-electron chi connectivity index (χ2n) is 4.59. The molecule has 1 atom stereocenters. The minimum absolute atomic E-state index is 0.385. The molecule has 19 heavy (non-hydrogen) atoms. The van der Waals surface area contributed by atoms with Gasteiger partial charge < -0.3 is 10.1 Å². The number of pyridine rings is 1. The molecule has 6 nitrogen and oxygen atoms in total. The van der Waals surface area contributed by atoms with Crippen LogP contribution in [0.15, 0.2) is 18.3 Å². The molecule has 0 bridgehead atoms. The highest BCUT2D eigenvalue weighted by molar-refractivity contribution is 6.07. The van der Waals surface area contributed by atoms with Crippen LogP contribution in [0.3, 0.4) is 0 Å². The summed E-state index contributed by atoms with van der Waals surface area (Å²) >= 11 is 0. The normalized spacial score (nSPS) is 22.0. The summed E-state index contributed by atoms with van der Waals surface area (Å²) in [4.78, 5) is 27.4. The highest BCUT2D eigenvalue weighted by atomic mass is 16.5. The Balaban J connectivity index is 2.29. The minimum atomic E-state index is -1.13. The van der Waals surface area contributed by atoms with Crippen LogP contribution in [0.1, 0.15) is 32.3 Å². The highest BCUT2D eigenvalue weighted by Gasteiger charge is 2.45. The number of urea groups is 1. The van der Waals surface area contributed by atoms with Gasteiger partial charge in [-0.2, -0.15) is 0 Å². The van der Waals surface area contributed by atoms with Gasteiger partial charge in [-0.05, 0) is 25.5 Å². The van der Waals surface area contributed by atoms with Crippen molar-refractivity contribution in [1.82, 2.24) is 15.6 Å². The Hall–Kier alpha value is -2.11. The molecule has 1 aromatic heterocycles. The van der Waals surface area contributed by atoms with Crippen LogP contribution in [0, 0.1) is 0 Å². The molecule has 2 heterocycles. The van der Waals surface area contributed by atoms with Gasteiger partial charge in [0.1, 0.15) is 5.54 Å². The minimum Gasteiger partial charge on any atom is -0.477 e.